The van der Waals surface area contributed by atoms with Crippen LogP contribution in [0.5, 0.6) is 0 Å². The Morgan fingerprint density at radius 3 is 1.35 bits per heavy atom. The fourth-order valence-corrected chi connectivity index (χ4v) is 4.00. The van der Waals surface area contributed by atoms with Gasteiger partial charge in [0, 0.05) is 0 Å². The number of allylic oxidation sites excluding steroid dienone is 8. The minimum atomic E-state index is 0. The molecule has 124 valence electrons. The van der Waals surface area contributed by atoms with Crippen LogP contribution in [0.15, 0.2) is 48.6 Å². The zero-order chi connectivity index (χ0) is 13.9. The second-order valence-corrected chi connectivity index (χ2v) is 6.83. The molecule has 4 rings (SSSR count). The Hall–Kier alpha value is 0.410. The molecule has 6 atom stereocenters. The van der Waals surface area contributed by atoms with Crippen LogP contribution in [0, 0.1) is 48.3 Å². The molecule has 2 saturated carbocycles. The van der Waals surface area contributed by atoms with Crippen LogP contribution in [0.1, 0.15) is 26.7 Å². The van der Waals surface area contributed by atoms with E-state index in [0.29, 0.717) is 0 Å². The van der Waals surface area contributed by atoms with E-state index in [1.54, 1.807) is 0 Å². The van der Waals surface area contributed by atoms with E-state index in [-0.39, 0.29) is 50.7 Å². The second kappa shape index (κ2) is 11.1. The van der Waals surface area contributed by atoms with Crippen LogP contribution < -0.4 is 24.8 Å². The number of hydrogen-bond acceptors (Lipinski definition) is 0. The van der Waals surface area contributed by atoms with Gasteiger partial charge in [-0.3, -0.25) is 0 Å². The molecule has 0 aliphatic heterocycles. The largest absolute Gasteiger partial charge is 4.00 e. The molecule has 0 aromatic heterocycles. The van der Waals surface area contributed by atoms with Crippen molar-refractivity contribution >= 4 is 0 Å². The number of halogens is 2. The summed E-state index contributed by atoms with van der Waals surface area (Å²) in [5, 5.41) is 0. The first-order chi connectivity index (χ1) is 9.72. The van der Waals surface area contributed by atoms with Crippen molar-refractivity contribution in [2.24, 2.45) is 35.5 Å². The predicted octanol–water partition coefficient (Wildman–Crippen LogP) is -0.817. The molecule has 0 saturated heterocycles. The summed E-state index contributed by atoms with van der Waals surface area (Å²) in [6, 6.07) is 0. The van der Waals surface area contributed by atoms with Crippen molar-refractivity contribution in [2.75, 3.05) is 0 Å². The van der Waals surface area contributed by atoms with Crippen molar-refractivity contribution in [1.82, 2.24) is 0 Å². The van der Waals surface area contributed by atoms with Crippen molar-refractivity contribution in [3.63, 3.8) is 0 Å². The van der Waals surface area contributed by atoms with E-state index in [9.17, 15) is 0 Å². The zero-order valence-corrected chi connectivity index (χ0v) is 19.0. The summed E-state index contributed by atoms with van der Waals surface area (Å²) in [5.41, 5.74) is 0. The van der Waals surface area contributed by atoms with Crippen LogP contribution in [0.3, 0.4) is 0 Å². The maximum atomic E-state index is 2.46. The number of hydrogen-bond donors (Lipinski definition) is 0. The Bertz CT molecular complexity index is 371. The Kier molecular flexibility index (Phi) is 11.3. The summed E-state index contributed by atoms with van der Waals surface area (Å²) in [6.07, 6.45) is 25.6. The molecule has 0 bridgehead atoms. The van der Waals surface area contributed by atoms with E-state index < -0.39 is 0 Å². The Balaban J connectivity index is 0.000000372. The third-order valence-corrected chi connectivity index (χ3v) is 4.98. The fraction of sp³-hybridized carbons (Fsp3) is 0.500. The van der Waals surface area contributed by atoms with Gasteiger partial charge in [-0.05, 0) is 11.8 Å². The summed E-state index contributed by atoms with van der Waals surface area (Å²) in [7, 11) is 0. The number of fused-ring (bicyclic) bond motifs is 2. The molecular weight excluding hydrogens is 490 g/mol. The molecule has 0 aromatic carbocycles. The molecule has 4 aliphatic carbocycles. The van der Waals surface area contributed by atoms with Crippen LogP contribution >= 0.6 is 0 Å². The van der Waals surface area contributed by atoms with Crippen molar-refractivity contribution in [1.29, 1.82) is 0 Å². The first kappa shape index (κ1) is 23.4. The molecule has 2 fully saturated rings. The van der Waals surface area contributed by atoms with E-state index in [1.807, 2.05) is 0 Å². The smallest absolute Gasteiger partial charge is 1.00 e. The maximum Gasteiger partial charge on any atom is 4.00 e. The minimum absolute atomic E-state index is 0. The first-order valence-electron chi connectivity index (χ1n) is 8.12. The maximum absolute atomic E-state index is 2.46. The van der Waals surface area contributed by atoms with Gasteiger partial charge in [-0.1, -0.05) is 63.1 Å². The van der Waals surface area contributed by atoms with Gasteiger partial charge in [0.25, 0.3) is 0 Å². The quantitative estimate of drug-likeness (QED) is 0.292. The van der Waals surface area contributed by atoms with Gasteiger partial charge in [-0.25, -0.2) is 0 Å². The molecule has 23 heavy (non-hydrogen) atoms. The van der Waals surface area contributed by atoms with Gasteiger partial charge in [-0.15, -0.1) is 24.0 Å². The first-order valence-corrected chi connectivity index (χ1v) is 8.12. The molecule has 0 spiro atoms. The monoisotopic (exact) mass is 516 g/mol. The Labute approximate surface area is 173 Å². The van der Waals surface area contributed by atoms with E-state index in [2.05, 4.69) is 75.3 Å². The average Bonchev–Trinajstić information content (AvgIpc) is 2.99. The molecule has 0 amide bonds. The van der Waals surface area contributed by atoms with E-state index in [4.69, 9.17) is 0 Å². The van der Waals surface area contributed by atoms with Crippen molar-refractivity contribution in [3.8, 4) is 0 Å². The summed E-state index contributed by atoms with van der Waals surface area (Å²) < 4.78 is 0. The van der Waals surface area contributed by atoms with E-state index >= 15 is 0 Å². The van der Waals surface area contributed by atoms with Crippen molar-refractivity contribution in [3.05, 3.63) is 61.4 Å². The van der Waals surface area contributed by atoms with Gasteiger partial charge >= 0.3 is 25.8 Å². The molecule has 0 aromatic rings. The molecule has 0 heterocycles. The third kappa shape index (κ3) is 6.33. The molecular formula is C20H26Cl2Hf. The standard InChI is InChI=1S/2C10H13.2ClH.Hf/c2*1-8-6-9-4-2-3-5-10(9)7-8;;;/h2*2-6,8-10H,7H2,1H3;2*1H;/q2*-1;;;+4/p-2. The summed E-state index contributed by atoms with van der Waals surface area (Å²) in [6.45, 7) is 4.61. The van der Waals surface area contributed by atoms with Gasteiger partial charge in [0.1, 0.15) is 0 Å². The summed E-state index contributed by atoms with van der Waals surface area (Å²) >= 11 is 0. The van der Waals surface area contributed by atoms with Crippen LogP contribution in [0.25, 0.3) is 0 Å². The van der Waals surface area contributed by atoms with Gasteiger partial charge in [0.2, 0.25) is 0 Å². The molecule has 0 nitrogen and oxygen atoms in total. The Morgan fingerprint density at radius 1 is 0.652 bits per heavy atom. The second-order valence-electron chi connectivity index (χ2n) is 6.83. The number of rotatable bonds is 0. The molecule has 6 unspecified atom stereocenters. The van der Waals surface area contributed by atoms with Gasteiger partial charge in [0.15, 0.2) is 0 Å². The zero-order valence-electron chi connectivity index (χ0n) is 13.9. The third-order valence-electron chi connectivity index (χ3n) is 4.98. The van der Waals surface area contributed by atoms with Gasteiger partial charge in [-0.2, -0.15) is 11.8 Å². The fourth-order valence-electron chi connectivity index (χ4n) is 4.00. The molecule has 4 aliphatic rings. The SMILES string of the molecule is CC1[CH-]C2C=CC=CC2C1.CC1[CH-]C2C=CC=CC2C1.[Cl-].[Cl-].[Hf+4]. The predicted molar refractivity (Wildman–Crippen MR) is 86.7 cm³/mol. The van der Waals surface area contributed by atoms with Gasteiger partial charge < -0.3 is 37.7 Å². The minimum Gasteiger partial charge on any atom is -1.00 e. The summed E-state index contributed by atoms with van der Waals surface area (Å²) in [5.74, 6) is 4.78. The van der Waals surface area contributed by atoms with Gasteiger partial charge in [0.05, 0.1) is 0 Å². The molecule has 0 N–H and O–H groups in total. The van der Waals surface area contributed by atoms with Crippen LogP contribution in [-0.2, 0) is 25.8 Å². The topological polar surface area (TPSA) is 0 Å². The molecule has 3 heteroatoms. The Morgan fingerprint density at radius 2 is 1.00 bits per heavy atom. The van der Waals surface area contributed by atoms with E-state index in [0.717, 1.165) is 35.5 Å². The molecule has 0 radical (unpaired) electrons. The van der Waals surface area contributed by atoms with Crippen molar-refractivity contribution in [2.45, 2.75) is 26.7 Å². The van der Waals surface area contributed by atoms with E-state index in [1.165, 1.54) is 12.8 Å². The summed E-state index contributed by atoms with van der Waals surface area (Å²) in [4.78, 5) is 0. The normalized spacial score (nSPS) is 38.2. The average molecular weight is 516 g/mol. The van der Waals surface area contributed by atoms with Crippen LogP contribution in [-0.4, -0.2) is 0 Å². The van der Waals surface area contributed by atoms with Crippen molar-refractivity contribution < 1.29 is 50.7 Å². The van der Waals surface area contributed by atoms with Crippen LogP contribution in [0.4, 0.5) is 0 Å². The van der Waals surface area contributed by atoms with Crippen LogP contribution in [0.2, 0.25) is 0 Å².